The van der Waals surface area contributed by atoms with E-state index in [0.29, 0.717) is 6.04 Å². The van der Waals surface area contributed by atoms with E-state index < -0.39 is 0 Å². The summed E-state index contributed by atoms with van der Waals surface area (Å²) in [6.45, 7) is 7.38. The maximum absolute atomic E-state index is 10.9. The molecule has 1 aliphatic rings. The predicted molar refractivity (Wildman–Crippen MR) is 76.1 cm³/mol. The quantitative estimate of drug-likeness (QED) is 0.855. The Balaban J connectivity index is 1.80. The van der Waals surface area contributed by atoms with E-state index in [2.05, 4.69) is 39.2 Å². The molecule has 1 N–H and O–H groups in total. The van der Waals surface area contributed by atoms with Crippen LogP contribution in [0.1, 0.15) is 19.4 Å². The summed E-state index contributed by atoms with van der Waals surface area (Å²) < 4.78 is 0. The first-order valence-electron chi connectivity index (χ1n) is 6.74. The number of hydrogen-bond donors (Lipinski definition) is 1. The van der Waals surface area contributed by atoms with Crippen molar-refractivity contribution in [3.05, 3.63) is 23.9 Å². The van der Waals surface area contributed by atoms with Crippen LogP contribution in [0.2, 0.25) is 0 Å². The van der Waals surface area contributed by atoms with Crippen LogP contribution in [0, 0.1) is 0 Å². The van der Waals surface area contributed by atoms with Gasteiger partial charge in [0.15, 0.2) is 0 Å². The first-order valence-corrected chi connectivity index (χ1v) is 6.74. The summed E-state index contributed by atoms with van der Waals surface area (Å²) in [6.07, 6.45) is 1.94. The first-order chi connectivity index (χ1) is 9.08. The highest BCUT2D eigenvalue weighted by atomic mass is 16.1. The van der Waals surface area contributed by atoms with Crippen molar-refractivity contribution in [2.24, 2.45) is 0 Å². The van der Waals surface area contributed by atoms with E-state index >= 15 is 0 Å². The number of nitrogens with zero attached hydrogens (tertiary/aromatic N) is 3. The molecule has 1 amide bonds. The monoisotopic (exact) mass is 262 g/mol. The zero-order valence-corrected chi connectivity index (χ0v) is 11.9. The van der Waals surface area contributed by atoms with Crippen LogP contribution in [-0.4, -0.2) is 48.5 Å². The second kappa shape index (κ2) is 6.02. The smallest absolute Gasteiger partial charge is 0.217 e. The minimum absolute atomic E-state index is 0.0540. The summed E-state index contributed by atoms with van der Waals surface area (Å²) in [5.74, 6) is 1.06. The van der Waals surface area contributed by atoms with E-state index in [1.165, 1.54) is 5.56 Å². The molecule has 1 aliphatic heterocycles. The van der Waals surface area contributed by atoms with Crippen molar-refractivity contribution in [3.8, 4) is 0 Å². The van der Waals surface area contributed by atoms with Gasteiger partial charge in [-0.15, -0.1) is 0 Å². The van der Waals surface area contributed by atoms with Gasteiger partial charge in [0.2, 0.25) is 5.91 Å². The molecule has 0 spiro atoms. The fourth-order valence-electron chi connectivity index (χ4n) is 2.23. The van der Waals surface area contributed by atoms with Crippen molar-refractivity contribution in [2.75, 3.05) is 31.6 Å². The summed E-state index contributed by atoms with van der Waals surface area (Å²) >= 11 is 0. The summed E-state index contributed by atoms with van der Waals surface area (Å²) in [7, 11) is 2.04. The molecule has 0 bridgehead atoms. The van der Waals surface area contributed by atoms with Gasteiger partial charge in [0, 0.05) is 46.3 Å². The molecule has 0 aliphatic carbocycles. The van der Waals surface area contributed by atoms with Gasteiger partial charge in [0.25, 0.3) is 0 Å². The van der Waals surface area contributed by atoms with Crippen molar-refractivity contribution >= 4 is 11.7 Å². The maximum atomic E-state index is 10.9. The number of carbonyl (C=O) groups excluding carboxylic acids is 1. The Morgan fingerprint density at radius 3 is 2.79 bits per heavy atom. The van der Waals surface area contributed by atoms with Crippen LogP contribution in [-0.2, 0) is 11.3 Å². The lowest BCUT2D eigenvalue weighted by Gasteiger charge is -2.39. The molecule has 1 fully saturated rings. The van der Waals surface area contributed by atoms with Crippen molar-refractivity contribution in [1.29, 1.82) is 0 Å². The van der Waals surface area contributed by atoms with E-state index in [9.17, 15) is 4.79 Å². The summed E-state index contributed by atoms with van der Waals surface area (Å²) in [4.78, 5) is 19.8. The second-order valence-electron chi connectivity index (χ2n) is 5.13. The van der Waals surface area contributed by atoms with E-state index in [0.717, 1.165) is 32.0 Å². The highest BCUT2D eigenvalue weighted by Crippen LogP contribution is 2.15. The Labute approximate surface area is 114 Å². The summed E-state index contributed by atoms with van der Waals surface area (Å²) in [5.41, 5.74) is 1.22. The van der Waals surface area contributed by atoms with Gasteiger partial charge in [-0.2, -0.15) is 0 Å². The number of hydrogen-bond acceptors (Lipinski definition) is 4. The average molecular weight is 262 g/mol. The molecule has 0 atom stereocenters. The standard InChI is InChI=1S/C14H22N4O/c1-4-17(3)14-6-5-12(7-15-14)8-18-9-13(10-18)16-11(2)19/h5-7,13H,4,8-10H2,1-3H3,(H,16,19). The van der Waals surface area contributed by atoms with Gasteiger partial charge in [0.1, 0.15) is 5.82 Å². The van der Waals surface area contributed by atoms with Gasteiger partial charge in [-0.1, -0.05) is 6.07 Å². The van der Waals surface area contributed by atoms with Crippen LogP contribution in [0.4, 0.5) is 5.82 Å². The SMILES string of the molecule is CCN(C)c1ccc(CN2CC(NC(C)=O)C2)cn1. The largest absolute Gasteiger partial charge is 0.360 e. The second-order valence-corrected chi connectivity index (χ2v) is 5.13. The molecule has 19 heavy (non-hydrogen) atoms. The molecular formula is C14H22N4O. The van der Waals surface area contributed by atoms with E-state index in [1.54, 1.807) is 6.92 Å². The number of anilines is 1. The topological polar surface area (TPSA) is 48.5 Å². The van der Waals surface area contributed by atoms with E-state index in [-0.39, 0.29) is 5.91 Å². The van der Waals surface area contributed by atoms with Crippen LogP contribution in [0.15, 0.2) is 18.3 Å². The lowest BCUT2D eigenvalue weighted by Crippen LogP contribution is -2.58. The molecular weight excluding hydrogens is 240 g/mol. The zero-order valence-electron chi connectivity index (χ0n) is 11.9. The fraction of sp³-hybridized carbons (Fsp3) is 0.571. The number of nitrogens with one attached hydrogen (secondary N) is 1. The molecule has 0 saturated carbocycles. The van der Waals surface area contributed by atoms with Crippen LogP contribution < -0.4 is 10.2 Å². The molecule has 0 unspecified atom stereocenters. The van der Waals surface area contributed by atoms with Crippen LogP contribution >= 0.6 is 0 Å². The van der Waals surface area contributed by atoms with Gasteiger partial charge in [0.05, 0.1) is 6.04 Å². The molecule has 0 radical (unpaired) electrons. The number of amides is 1. The number of aromatic nitrogens is 1. The van der Waals surface area contributed by atoms with Crippen molar-refractivity contribution in [2.45, 2.75) is 26.4 Å². The Hall–Kier alpha value is -1.62. The van der Waals surface area contributed by atoms with Gasteiger partial charge >= 0.3 is 0 Å². The first kappa shape index (κ1) is 13.8. The Bertz CT molecular complexity index is 426. The summed E-state index contributed by atoms with van der Waals surface area (Å²) in [5, 5.41) is 2.92. The van der Waals surface area contributed by atoms with Crippen LogP contribution in [0.5, 0.6) is 0 Å². The summed E-state index contributed by atoms with van der Waals surface area (Å²) in [6, 6.07) is 4.50. The molecule has 1 aromatic rings. The lowest BCUT2D eigenvalue weighted by atomic mass is 10.1. The van der Waals surface area contributed by atoms with Gasteiger partial charge in [-0.25, -0.2) is 4.98 Å². The van der Waals surface area contributed by atoms with Gasteiger partial charge in [-0.3, -0.25) is 9.69 Å². The third-order valence-corrected chi connectivity index (χ3v) is 3.45. The Kier molecular flexibility index (Phi) is 4.37. The third kappa shape index (κ3) is 3.67. The highest BCUT2D eigenvalue weighted by Gasteiger charge is 2.26. The van der Waals surface area contributed by atoms with Gasteiger partial charge < -0.3 is 10.2 Å². The fourth-order valence-corrected chi connectivity index (χ4v) is 2.23. The third-order valence-electron chi connectivity index (χ3n) is 3.45. The minimum atomic E-state index is 0.0540. The lowest BCUT2D eigenvalue weighted by molar-refractivity contribution is -0.120. The molecule has 5 nitrogen and oxygen atoms in total. The number of likely N-dealkylation sites (tertiary alicyclic amines) is 1. The zero-order chi connectivity index (χ0) is 13.8. The number of carbonyl (C=O) groups is 1. The Morgan fingerprint density at radius 2 is 2.26 bits per heavy atom. The van der Waals surface area contributed by atoms with Gasteiger partial charge in [-0.05, 0) is 18.6 Å². The molecule has 1 aromatic heterocycles. The van der Waals surface area contributed by atoms with E-state index in [1.807, 2.05) is 13.2 Å². The molecule has 0 aromatic carbocycles. The van der Waals surface area contributed by atoms with E-state index in [4.69, 9.17) is 0 Å². The normalized spacial score (nSPS) is 15.9. The van der Waals surface area contributed by atoms with Crippen molar-refractivity contribution in [1.82, 2.24) is 15.2 Å². The maximum Gasteiger partial charge on any atom is 0.217 e. The molecule has 2 rings (SSSR count). The average Bonchev–Trinajstić information content (AvgIpc) is 2.35. The van der Waals surface area contributed by atoms with Crippen molar-refractivity contribution < 1.29 is 4.79 Å². The molecule has 1 saturated heterocycles. The minimum Gasteiger partial charge on any atom is -0.360 e. The molecule has 104 valence electrons. The number of rotatable bonds is 5. The van der Waals surface area contributed by atoms with Crippen molar-refractivity contribution in [3.63, 3.8) is 0 Å². The number of pyridine rings is 1. The molecule has 2 heterocycles. The Morgan fingerprint density at radius 1 is 1.53 bits per heavy atom. The van der Waals surface area contributed by atoms with Crippen LogP contribution in [0.3, 0.4) is 0 Å². The van der Waals surface area contributed by atoms with Crippen LogP contribution in [0.25, 0.3) is 0 Å². The highest BCUT2D eigenvalue weighted by molar-refractivity contribution is 5.73. The predicted octanol–water partition coefficient (Wildman–Crippen LogP) is 0.858. The molecule has 5 heteroatoms.